The third kappa shape index (κ3) is 1.00. The smallest absolute Gasteiger partial charge is 0.0867 e. The van der Waals surface area contributed by atoms with Gasteiger partial charge in [0.25, 0.3) is 0 Å². The molecule has 2 nitrogen and oxygen atoms in total. The molecule has 0 fully saturated rings. The van der Waals surface area contributed by atoms with Crippen LogP contribution < -0.4 is 4.90 Å². The number of thioether (sulfide) groups is 1. The lowest BCUT2D eigenvalue weighted by atomic mass is 10.2. The Balaban J connectivity index is 2.20. The van der Waals surface area contributed by atoms with Gasteiger partial charge in [-0.15, -0.1) is 11.8 Å². The summed E-state index contributed by atoms with van der Waals surface area (Å²) in [6.45, 7) is 0. The van der Waals surface area contributed by atoms with Gasteiger partial charge in [-0.05, 0) is 17.5 Å². The van der Waals surface area contributed by atoms with E-state index in [0.29, 0.717) is 0 Å². The van der Waals surface area contributed by atoms with Gasteiger partial charge < -0.3 is 4.90 Å². The van der Waals surface area contributed by atoms with Crippen LogP contribution in [0.1, 0.15) is 0 Å². The SMILES string of the molecule is C1=Nc2ccccc2N2CSC=C12. The summed E-state index contributed by atoms with van der Waals surface area (Å²) in [5, 5.41) is 2.15. The Morgan fingerprint density at radius 2 is 2.23 bits per heavy atom. The number of para-hydroxylation sites is 2. The van der Waals surface area contributed by atoms with E-state index in [1.807, 2.05) is 30.1 Å². The Hall–Kier alpha value is -1.22. The summed E-state index contributed by atoms with van der Waals surface area (Å²) < 4.78 is 0. The van der Waals surface area contributed by atoms with Crippen molar-refractivity contribution in [2.24, 2.45) is 4.99 Å². The van der Waals surface area contributed by atoms with Crippen molar-refractivity contribution in [3.8, 4) is 0 Å². The van der Waals surface area contributed by atoms with E-state index in [-0.39, 0.29) is 0 Å². The summed E-state index contributed by atoms with van der Waals surface area (Å²) in [4.78, 5) is 6.67. The number of benzene rings is 1. The fourth-order valence-electron chi connectivity index (χ4n) is 1.58. The first kappa shape index (κ1) is 7.21. The fourth-order valence-corrected chi connectivity index (χ4v) is 2.45. The Morgan fingerprint density at radius 3 is 3.23 bits per heavy atom. The normalized spacial score (nSPS) is 18.2. The van der Waals surface area contributed by atoms with E-state index in [4.69, 9.17) is 0 Å². The molecule has 0 radical (unpaired) electrons. The molecule has 0 aromatic heterocycles. The van der Waals surface area contributed by atoms with Crippen LogP contribution in [0.4, 0.5) is 11.4 Å². The maximum absolute atomic E-state index is 4.39. The van der Waals surface area contributed by atoms with Gasteiger partial charge in [0, 0.05) is 0 Å². The lowest BCUT2D eigenvalue weighted by Gasteiger charge is -2.24. The van der Waals surface area contributed by atoms with Gasteiger partial charge in [0.05, 0.1) is 29.2 Å². The van der Waals surface area contributed by atoms with Gasteiger partial charge in [0.1, 0.15) is 0 Å². The van der Waals surface area contributed by atoms with Crippen molar-refractivity contribution in [3.63, 3.8) is 0 Å². The molecule has 0 N–H and O–H groups in total. The third-order valence-corrected chi connectivity index (χ3v) is 3.04. The maximum Gasteiger partial charge on any atom is 0.0867 e. The van der Waals surface area contributed by atoms with Crippen LogP contribution in [0.25, 0.3) is 0 Å². The van der Waals surface area contributed by atoms with Crippen molar-refractivity contribution < 1.29 is 0 Å². The van der Waals surface area contributed by atoms with Crippen LogP contribution in [-0.2, 0) is 0 Å². The quantitative estimate of drug-likeness (QED) is 0.622. The number of hydrogen-bond donors (Lipinski definition) is 0. The topological polar surface area (TPSA) is 15.6 Å². The molecular weight excluding hydrogens is 180 g/mol. The maximum atomic E-state index is 4.39. The lowest BCUT2D eigenvalue weighted by molar-refractivity contribution is 1.13. The number of anilines is 1. The molecule has 0 spiro atoms. The zero-order chi connectivity index (χ0) is 8.67. The monoisotopic (exact) mass is 188 g/mol. The van der Waals surface area contributed by atoms with E-state index in [2.05, 4.69) is 27.4 Å². The van der Waals surface area contributed by atoms with Crippen LogP contribution in [0, 0.1) is 0 Å². The molecule has 2 aliphatic rings. The first-order valence-corrected chi connectivity index (χ1v) is 5.22. The summed E-state index contributed by atoms with van der Waals surface area (Å²) in [6, 6.07) is 8.24. The molecule has 0 aliphatic carbocycles. The second-order valence-corrected chi connectivity index (χ2v) is 3.84. The van der Waals surface area contributed by atoms with Gasteiger partial charge in [0.2, 0.25) is 0 Å². The summed E-state index contributed by atoms with van der Waals surface area (Å²) in [5.74, 6) is 1.01. The van der Waals surface area contributed by atoms with E-state index >= 15 is 0 Å². The molecule has 3 rings (SSSR count). The Morgan fingerprint density at radius 1 is 1.31 bits per heavy atom. The number of allylic oxidation sites excluding steroid dienone is 1. The van der Waals surface area contributed by atoms with Gasteiger partial charge in [-0.1, -0.05) is 12.1 Å². The largest absolute Gasteiger partial charge is 0.328 e. The van der Waals surface area contributed by atoms with Crippen LogP contribution in [-0.4, -0.2) is 12.1 Å². The summed E-state index contributed by atoms with van der Waals surface area (Å²) >= 11 is 1.82. The van der Waals surface area contributed by atoms with Gasteiger partial charge >= 0.3 is 0 Å². The minimum atomic E-state index is 1.01. The molecule has 2 aliphatic heterocycles. The van der Waals surface area contributed by atoms with E-state index in [1.54, 1.807) is 0 Å². The Kier molecular flexibility index (Phi) is 1.46. The molecule has 0 saturated carbocycles. The minimum Gasteiger partial charge on any atom is -0.328 e. The predicted molar refractivity (Wildman–Crippen MR) is 57.6 cm³/mol. The van der Waals surface area contributed by atoms with Crippen LogP contribution in [0.2, 0.25) is 0 Å². The highest BCUT2D eigenvalue weighted by Crippen LogP contribution is 2.38. The van der Waals surface area contributed by atoms with E-state index < -0.39 is 0 Å². The van der Waals surface area contributed by atoms with Crippen LogP contribution in [0.15, 0.2) is 40.4 Å². The van der Waals surface area contributed by atoms with Gasteiger partial charge in [-0.25, -0.2) is 0 Å². The van der Waals surface area contributed by atoms with Crippen molar-refractivity contribution in [2.45, 2.75) is 0 Å². The highest BCUT2D eigenvalue weighted by molar-refractivity contribution is 8.02. The predicted octanol–water partition coefficient (Wildman–Crippen LogP) is 2.75. The van der Waals surface area contributed by atoms with Gasteiger partial charge in [-0.2, -0.15) is 0 Å². The highest BCUT2D eigenvalue weighted by atomic mass is 32.2. The molecular formula is C10H8N2S. The molecule has 0 saturated heterocycles. The van der Waals surface area contributed by atoms with E-state index in [1.165, 1.54) is 11.4 Å². The molecule has 0 amide bonds. The number of fused-ring (bicyclic) bond motifs is 3. The first-order chi connectivity index (χ1) is 6.45. The summed E-state index contributed by atoms with van der Waals surface area (Å²) in [7, 11) is 0. The van der Waals surface area contributed by atoms with Crippen molar-refractivity contribution in [3.05, 3.63) is 35.4 Å². The number of rotatable bonds is 0. The van der Waals surface area contributed by atoms with Crippen molar-refractivity contribution >= 4 is 29.4 Å². The third-order valence-electron chi connectivity index (χ3n) is 2.23. The average Bonchev–Trinajstić information content (AvgIpc) is 2.65. The minimum absolute atomic E-state index is 1.01. The molecule has 64 valence electrons. The average molecular weight is 188 g/mol. The molecule has 2 heterocycles. The molecule has 1 aromatic rings. The molecule has 0 atom stereocenters. The van der Waals surface area contributed by atoms with Crippen molar-refractivity contribution in [1.29, 1.82) is 0 Å². The van der Waals surface area contributed by atoms with Crippen molar-refractivity contribution in [1.82, 2.24) is 0 Å². The molecule has 1 aromatic carbocycles. The molecule has 13 heavy (non-hydrogen) atoms. The van der Waals surface area contributed by atoms with Crippen LogP contribution in [0.5, 0.6) is 0 Å². The van der Waals surface area contributed by atoms with Crippen LogP contribution in [0.3, 0.4) is 0 Å². The lowest BCUT2D eigenvalue weighted by Crippen LogP contribution is -2.20. The number of aliphatic imine (C=N–C) groups is 1. The second kappa shape index (κ2) is 2.64. The standard InChI is InChI=1S/C10H8N2S/c1-2-4-10-9(3-1)11-5-8-6-13-7-12(8)10/h1-6H,7H2. The fraction of sp³-hybridized carbons (Fsp3) is 0.100. The number of nitrogens with zero attached hydrogens (tertiary/aromatic N) is 2. The van der Waals surface area contributed by atoms with Gasteiger partial charge in [0.15, 0.2) is 0 Å². The molecule has 3 heteroatoms. The van der Waals surface area contributed by atoms with E-state index in [0.717, 1.165) is 11.6 Å². The molecule has 0 bridgehead atoms. The Bertz CT molecular complexity index is 409. The molecule has 0 unspecified atom stereocenters. The highest BCUT2D eigenvalue weighted by Gasteiger charge is 2.21. The summed E-state index contributed by atoms with van der Waals surface area (Å²) in [6.07, 6.45) is 1.93. The summed E-state index contributed by atoms with van der Waals surface area (Å²) in [5.41, 5.74) is 3.51. The van der Waals surface area contributed by atoms with E-state index in [9.17, 15) is 0 Å². The first-order valence-electron chi connectivity index (χ1n) is 4.17. The van der Waals surface area contributed by atoms with Gasteiger partial charge in [-0.3, -0.25) is 4.99 Å². The number of hydrogen-bond acceptors (Lipinski definition) is 3. The second-order valence-electron chi connectivity index (χ2n) is 3.01. The Labute approximate surface area is 81.0 Å². The zero-order valence-electron chi connectivity index (χ0n) is 6.97. The van der Waals surface area contributed by atoms with Crippen LogP contribution >= 0.6 is 11.8 Å². The zero-order valence-corrected chi connectivity index (χ0v) is 7.79. The van der Waals surface area contributed by atoms with Crippen molar-refractivity contribution in [2.75, 3.05) is 10.8 Å².